The highest BCUT2D eigenvalue weighted by molar-refractivity contribution is 5.85. The Labute approximate surface area is 136 Å². The van der Waals surface area contributed by atoms with Crippen molar-refractivity contribution in [3.05, 3.63) is 0 Å². The highest BCUT2D eigenvalue weighted by atomic mass is 35.5. The number of nitrogens with one attached hydrogen (secondary N) is 1. The molecule has 2 aliphatic rings. The number of hydrogen-bond acceptors (Lipinski definition) is 2. The smallest absolute Gasteiger partial charge is 0.228 e. The Morgan fingerprint density at radius 1 is 1.19 bits per heavy atom. The van der Waals surface area contributed by atoms with Gasteiger partial charge < -0.3 is 10.2 Å². The van der Waals surface area contributed by atoms with Crippen LogP contribution in [0, 0.1) is 17.3 Å². The van der Waals surface area contributed by atoms with Crippen molar-refractivity contribution in [3.63, 3.8) is 0 Å². The molecular weight excluding hydrogens is 284 g/mol. The van der Waals surface area contributed by atoms with Crippen molar-refractivity contribution in [2.45, 2.75) is 65.8 Å². The fourth-order valence-corrected chi connectivity index (χ4v) is 3.48. The number of carbonyl (C=O) groups excluding carboxylic acids is 1. The van der Waals surface area contributed by atoms with E-state index in [2.05, 4.69) is 37.9 Å². The molecule has 3 nitrogen and oxygen atoms in total. The van der Waals surface area contributed by atoms with Gasteiger partial charge in [0, 0.05) is 24.5 Å². The number of carbonyl (C=O) groups is 1. The molecule has 4 heteroatoms. The molecule has 0 aromatic rings. The Kier molecular flexibility index (Phi) is 6.99. The van der Waals surface area contributed by atoms with Crippen LogP contribution < -0.4 is 5.32 Å². The van der Waals surface area contributed by atoms with E-state index in [1.807, 2.05) is 0 Å². The average Bonchev–Trinajstić information content (AvgIpc) is 3.18. The van der Waals surface area contributed by atoms with Gasteiger partial charge >= 0.3 is 0 Å². The molecule has 1 saturated heterocycles. The fourth-order valence-electron chi connectivity index (χ4n) is 3.48. The van der Waals surface area contributed by atoms with Gasteiger partial charge in [0.1, 0.15) is 0 Å². The minimum absolute atomic E-state index is 0. The molecule has 0 spiro atoms. The first-order valence-electron chi connectivity index (χ1n) is 8.41. The van der Waals surface area contributed by atoms with Crippen LogP contribution in [0.15, 0.2) is 0 Å². The van der Waals surface area contributed by atoms with Gasteiger partial charge in [0.25, 0.3) is 0 Å². The summed E-state index contributed by atoms with van der Waals surface area (Å²) in [5.41, 5.74) is -0.206. The second kappa shape index (κ2) is 7.82. The first-order valence-corrected chi connectivity index (χ1v) is 8.41. The molecule has 0 bridgehead atoms. The van der Waals surface area contributed by atoms with E-state index < -0.39 is 0 Å². The maximum Gasteiger partial charge on any atom is 0.228 e. The van der Waals surface area contributed by atoms with E-state index in [0.717, 1.165) is 38.3 Å². The van der Waals surface area contributed by atoms with E-state index in [4.69, 9.17) is 0 Å². The van der Waals surface area contributed by atoms with Crippen molar-refractivity contribution in [2.75, 3.05) is 19.6 Å². The van der Waals surface area contributed by atoms with Crippen LogP contribution in [0.25, 0.3) is 0 Å². The van der Waals surface area contributed by atoms with E-state index >= 15 is 0 Å². The summed E-state index contributed by atoms with van der Waals surface area (Å²) in [5.74, 6) is 1.87. The van der Waals surface area contributed by atoms with Crippen molar-refractivity contribution in [3.8, 4) is 0 Å². The Hall–Kier alpha value is -0.280. The average molecular weight is 317 g/mol. The Balaban J connectivity index is 0.00000220. The molecule has 124 valence electrons. The van der Waals surface area contributed by atoms with Crippen LogP contribution in [0.4, 0.5) is 0 Å². The van der Waals surface area contributed by atoms with Crippen LogP contribution in [0.5, 0.6) is 0 Å². The lowest BCUT2D eigenvalue weighted by Crippen LogP contribution is -2.49. The fraction of sp³-hybridized carbons (Fsp3) is 0.941. The number of amides is 1. The number of hydrogen-bond donors (Lipinski definition) is 1. The van der Waals surface area contributed by atoms with Gasteiger partial charge in [-0.25, -0.2) is 0 Å². The Morgan fingerprint density at radius 2 is 1.76 bits per heavy atom. The van der Waals surface area contributed by atoms with Crippen molar-refractivity contribution in [1.82, 2.24) is 10.2 Å². The van der Waals surface area contributed by atoms with Gasteiger partial charge in [0.05, 0.1) is 0 Å². The largest absolute Gasteiger partial charge is 0.342 e. The first-order chi connectivity index (χ1) is 9.38. The van der Waals surface area contributed by atoms with Crippen molar-refractivity contribution in [1.29, 1.82) is 0 Å². The zero-order valence-electron chi connectivity index (χ0n) is 14.2. The van der Waals surface area contributed by atoms with Gasteiger partial charge in [-0.05, 0) is 50.5 Å². The standard InChI is InChI=1S/C17H32N2O.ClH/c1-13(2)11-17(3,4)16(20)19-9-7-15(8-10-19)18-12-14-5-6-14;/h13-15,18H,5-12H2,1-4H3;1H. The van der Waals surface area contributed by atoms with E-state index in [1.54, 1.807) is 0 Å². The van der Waals surface area contributed by atoms with Gasteiger partial charge in [-0.15, -0.1) is 12.4 Å². The SMILES string of the molecule is CC(C)CC(C)(C)C(=O)N1CCC(NCC2CC2)CC1.Cl. The maximum absolute atomic E-state index is 12.6. The van der Waals surface area contributed by atoms with Gasteiger partial charge in [0.2, 0.25) is 5.91 Å². The Morgan fingerprint density at radius 3 is 2.24 bits per heavy atom. The van der Waals surface area contributed by atoms with E-state index in [-0.39, 0.29) is 17.8 Å². The predicted molar refractivity (Wildman–Crippen MR) is 90.8 cm³/mol. The molecule has 0 unspecified atom stereocenters. The van der Waals surface area contributed by atoms with E-state index in [9.17, 15) is 4.79 Å². The molecule has 0 aromatic carbocycles. The zero-order valence-corrected chi connectivity index (χ0v) is 15.0. The summed E-state index contributed by atoms with van der Waals surface area (Å²) in [7, 11) is 0. The molecule has 21 heavy (non-hydrogen) atoms. The lowest BCUT2D eigenvalue weighted by molar-refractivity contribution is -0.142. The molecule has 1 saturated carbocycles. The third-order valence-electron chi connectivity index (χ3n) is 4.67. The van der Waals surface area contributed by atoms with Crippen LogP contribution in [0.3, 0.4) is 0 Å². The van der Waals surface area contributed by atoms with Crippen LogP contribution in [-0.2, 0) is 4.79 Å². The van der Waals surface area contributed by atoms with Crippen molar-refractivity contribution in [2.24, 2.45) is 17.3 Å². The summed E-state index contributed by atoms with van der Waals surface area (Å²) in [6.45, 7) is 11.7. The third-order valence-corrected chi connectivity index (χ3v) is 4.67. The van der Waals surface area contributed by atoms with Crippen LogP contribution in [0.2, 0.25) is 0 Å². The number of nitrogens with zero attached hydrogens (tertiary/aromatic N) is 1. The molecule has 2 rings (SSSR count). The first kappa shape index (κ1) is 18.8. The Bertz CT molecular complexity index is 332. The van der Waals surface area contributed by atoms with E-state index in [1.165, 1.54) is 19.4 Å². The monoisotopic (exact) mass is 316 g/mol. The van der Waals surface area contributed by atoms with Gasteiger partial charge in [-0.1, -0.05) is 27.7 Å². The normalized spacial score (nSPS) is 20.5. The summed E-state index contributed by atoms with van der Waals surface area (Å²) in [4.78, 5) is 14.7. The maximum atomic E-state index is 12.6. The summed E-state index contributed by atoms with van der Waals surface area (Å²) >= 11 is 0. The van der Waals surface area contributed by atoms with Crippen molar-refractivity contribution >= 4 is 18.3 Å². The lowest BCUT2D eigenvalue weighted by Gasteiger charge is -2.38. The molecule has 2 fully saturated rings. The molecule has 1 aliphatic heterocycles. The molecule has 1 amide bonds. The topological polar surface area (TPSA) is 32.3 Å². The minimum atomic E-state index is -0.206. The predicted octanol–water partition coefficient (Wildman–Crippen LogP) is 3.47. The summed E-state index contributed by atoms with van der Waals surface area (Å²) in [6, 6.07) is 0.632. The highest BCUT2D eigenvalue weighted by Crippen LogP contribution is 2.30. The molecule has 0 radical (unpaired) electrons. The summed E-state index contributed by atoms with van der Waals surface area (Å²) < 4.78 is 0. The molecule has 1 heterocycles. The zero-order chi connectivity index (χ0) is 14.8. The molecule has 0 aromatic heterocycles. The number of rotatable bonds is 6. The molecule has 1 aliphatic carbocycles. The molecule has 0 atom stereocenters. The number of likely N-dealkylation sites (tertiary alicyclic amines) is 1. The molecular formula is C17H33ClN2O. The van der Waals surface area contributed by atoms with Crippen LogP contribution in [0.1, 0.15) is 59.8 Å². The van der Waals surface area contributed by atoms with Gasteiger partial charge in [0.15, 0.2) is 0 Å². The van der Waals surface area contributed by atoms with Gasteiger partial charge in [-0.3, -0.25) is 4.79 Å². The summed E-state index contributed by atoms with van der Waals surface area (Å²) in [6.07, 6.45) is 6.04. The second-order valence-electron chi connectivity index (χ2n) is 7.90. The van der Waals surface area contributed by atoms with E-state index in [0.29, 0.717) is 17.9 Å². The quantitative estimate of drug-likeness (QED) is 0.813. The van der Waals surface area contributed by atoms with Crippen molar-refractivity contribution < 1.29 is 4.79 Å². The van der Waals surface area contributed by atoms with Crippen LogP contribution in [-0.4, -0.2) is 36.5 Å². The summed E-state index contributed by atoms with van der Waals surface area (Å²) in [5, 5.41) is 3.68. The number of piperidine rings is 1. The lowest BCUT2D eigenvalue weighted by atomic mass is 9.82. The third kappa shape index (κ3) is 5.78. The van der Waals surface area contributed by atoms with Crippen LogP contribution >= 0.6 is 12.4 Å². The molecule has 1 N–H and O–H groups in total. The minimum Gasteiger partial charge on any atom is -0.342 e. The second-order valence-corrected chi connectivity index (χ2v) is 7.90. The van der Waals surface area contributed by atoms with Gasteiger partial charge in [-0.2, -0.15) is 0 Å². The highest BCUT2D eigenvalue weighted by Gasteiger charge is 2.34. The number of halogens is 1.